The van der Waals surface area contributed by atoms with Crippen molar-refractivity contribution in [1.82, 2.24) is 4.90 Å². The fourth-order valence-corrected chi connectivity index (χ4v) is 3.73. The van der Waals surface area contributed by atoms with Crippen LogP contribution < -0.4 is 4.74 Å². The zero-order valence-corrected chi connectivity index (χ0v) is 13.5. The molecule has 1 heterocycles. The Morgan fingerprint density at radius 1 is 1.13 bits per heavy atom. The Hall–Kier alpha value is -1.17. The molecule has 1 aromatic carbocycles. The van der Waals surface area contributed by atoms with Crippen molar-refractivity contribution < 1.29 is 19.3 Å². The number of aliphatic hydroxyl groups excluding tert-OH is 1. The summed E-state index contributed by atoms with van der Waals surface area (Å²) in [4.78, 5) is 2.31. The van der Waals surface area contributed by atoms with Gasteiger partial charge in [0.25, 0.3) is 0 Å². The van der Waals surface area contributed by atoms with Crippen molar-refractivity contribution in [3.05, 3.63) is 30.1 Å². The maximum Gasteiger partial charge on any atom is 0.137 e. The maximum absolute atomic E-state index is 12.9. The third-order valence-corrected chi connectivity index (χ3v) is 5.18. The number of aliphatic hydroxyl groups is 2. The molecule has 0 unspecified atom stereocenters. The molecule has 0 spiro atoms. The number of piperidine rings is 1. The van der Waals surface area contributed by atoms with E-state index >= 15 is 0 Å². The van der Waals surface area contributed by atoms with Crippen LogP contribution in [0.1, 0.15) is 38.5 Å². The van der Waals surface area contributed by atoms with Gasteiger partial charge in [-0.05, 0) is 43.5 Å². The minimum Gasteiger partial charge on any atom is -0.490 e. The van der Waals surface area contributed by atoms with Crippen molar-refractivity contribution in [2.24, 2.45) is 0 Å². The molecule has 2 N–H and O–H groups in total. The monoisotopic (exact) mass is 323 g/mol. The molecule has 0 radical (unpaired) electrons. The van der Waals surface area contributed by atoms with E-state index < -0.39 is 11.7 Å². The number of likely N-dealkylation sites (tertiary alicyclic amines) is 1. The van der Waals surface area contributed by atoms with Crippen molar-refractivity contribution in [3.8, 4) is 5.75 Å². The van der Waals surface area contributed by atoms with Crippen LogP contribution in [0.3, 0.4) is 0 Å². The van der Waals surface area contributed by atoms with Crippen LogP contribution in [-0.4, -0.2) is 52.6 Å². The molecule has 2 atom stereocenters. The fraction of sp³-hybridized carbons (Fsp3) is 0.667. The summed E-state index contributed by atoms with van der Waals surface area (Å²) in [5, 5.41) is 21.1. The first-order valence-corrected chi connectivity index (χ1v) is 8.60. The molecule has 1 saturated carbocycles. The van der Waals surface area contributed by atoms with Crippen LogP contribution in [0.4, 0.5) is 4.39 Å². The van der Waals surface area contributed by atoms with Crippen molar-refractivity contribution in [3.63, 3.8) is 0 Å². The molecule has 0 aromatic heterocycles. The van der Waals surface area contributed by atoms with E-state index in [4.69, 9.17) is 4.74 Å². The highest BCUT2D eigenvalue weighted by atomic mass is 19.1. The molecule has 0 bridgehead atoms. The van der Waals surface area contributed by atoms with Gasteiger partial charge in [-0.3, -0.25) is 4.90 Å². The summed E-state index contributed by atoms with van der Waals surface area (Å²) >= 11 is 0. The number of rotatable bonds is 4. The first kappa shape index (κ1) is 16.7. The van der Waals surface area contributed by atoms with E-state index in [0.29, 0.717) is 24.8 Å². The Bertz CT molecular complexity index is 503. The van der Waals surface area contributed by atoms with Crippen molar-refractivity contribution in [2.45, 2.75) is 56.3 Å². The minimum atomic E-state index is -1.27. The van der Waals surface area contributed by atoms with Gasteiger partial charge in [-0.2, -0.15) is 0 Å². The van der Waals surface area contributed by atoms with Gasteiger partial charge >= 0.3 is 0 Å². The normalized spacial score (nSPS) is 30.3. The molecular weight excluding hydrogens is 297 g/mol. The summed E-state index contributed by atoms with van der Waals surface area (Å²) < 4.78 is 18.5. The van der Waals surface area contributed by atoms with E-state index in [-0.39, 0.29) is 12.4 Å². The number of halogens is 1. The van der Waals surface area contributed by atoms with Crippen LogP contribution >= 0.6 is 0 Å². The predicted molar refractivity (Wildman–Crippen MR) is 85.9 cm³/mol. The van der Waals surface area contributed by atoms with Gasteiger partial charge in [-0.25, -0.2) is 4.39 Å². The van der Waals surface area contributed by atoms with Crippen LogP contribution in [0.15, 0.2) is 24.3 Å². The van der Waals surface area contributed by atoms with Crippen LogP contribution in [0, 0.1) is 5.82 Å². The molecule has 23 heavy (non-hydrogen) atoms. The summed E-state index contributed by atoms with van der Waals surface area (Å²) in [6.07, 6.45) is 5.89. The second-order valence-corrected chi connectivity index (χ2v) is 6.91. The third-order valence-electron chi connectivity index (χ3n) is 5.18. The van der Waals surface area contributed by atoms with Gasteiger partial charge in [-0.15, -0.1) is 0 Å². The average Bonchev–Trinajstić information content (AvgIpc) is 2.58. The van der Waals surface area contributed by atoms with E-state index in [1.54, 1.807) is 0 Å². The van der Waals surface area contributed by atoms with Crippen molar-refractivity contribution >= 4 is 0 Å². The van der Waals surface area contributed by atoms with Gasteiger partial charge in [-0.1, -0.05) is 19.3 Å². The number of nitrogens with zero attached hydrogens (tertiary/aromatic N) is 1. The smallest absolute Gasteiger partial charge is 0.137 e. The number of ether oxygens (including phenoxy) is 1. The Morgan fingerprint density at radius 3 is 2.52 bits per heavy atom. The first-order valence-electron chi connectivity index (χ1n) is 8.60. The molecular formula is C18H26FNO3. The lowest BCUT2D eigenvalue weighted by Gasteiger charge is -2.46. The summed E-state index contributed by atoms with van der Waals surface area (Å²) in [7, 11) is 0. The zero-order chi connectivity index (χ0) is 16.3. The first-order chi connectivity index (χ1) is 11.1. The Balaban J connectivity index is 1.61. The lowest BCUT2D eigenvalue weighted by atomic mass is 9.86. The molecule has 3 rings (SSSR count). The van der Waals surface area contributed by atoms with Crippen LogP contribution in [0.25, 0.3) is 0 Å². The van der Waals surface area contributed by atoms with Crippen molar-refractivity contribution in [1.29, 1.82) is 0 Å². The Kier molecular flexibility index (Phi) is 5.19. The number of β-amino-alcohol motifs (C(OH)–C–C–N with tert-alkyl or cyclic N) is 1. The van der Waals surface area contributed by atoms with E-state index in [9.17, 15) is 14.6 Å². The van der Waals surface area contributed by atoms with Gasteiger partial charge in [0.05, 0.1) is 6.10 Å². The molecule has 2 aliphatic rings. The van der Waals surface area contributed by atoms with Crippen LogP contribution in [0.5, 0.6) is 5.75 Å². The highest BCUT2D eigenvalue weighted by molar-refractivity contribution is 5.22. The highest BCUT2D eigenvalue weighted by Crippen LogP contribution is 2.30. The molecule has 1 aliphatic heterocycles. The molecule has 0 amide bonds. The lowest BCUT2D eigenvalue weighted by molar-refractivity contribution is -0.146. The van der Waals surface area contributed by atoms with Gasteiger partial charge in [0.15, 0.2) is 0 Å². The van der Waals surface area contributed by atoms with Crippen molar-refractivity contribution in [2.75, 3.05) is 19.7 Å². The van der Waals surface area contributed by atoms with Gasteiger partial charge in [0.1, 0.15) is 23.8 Å². The molecule has 1 saturated heterocycles. The molecule has 2 fully saturated rings. The number of benzene rings is 1. The largest absolute Gasteiger partial charge is 0.490 e. The standard InChI is InChI=1S/C18H26FNO3/c19-14-6-8-16(9-7-14)23-13-18(22)12-20(11-10-17(18)21)15-4-2-1-3-5-15/h6-9,15,17,21-22H,1-5,10-13H2/t17-,18-/m0/s1. The number of hydrogen-bond donors (Lipinski definition) is 2. The van der Waals surface area contributed by atoms with E-state index in [0.717, 1.165) is 6.54 Å². The highest BCUT2D eigenvalue weighted by Gasteiger charge is 2.43. The SMILES string of the molecule is O[C@H]1CCN(C2CCCCC2)C[C@]1(O)COc1ccc(F)cc1. The molecule has 5 heteroatoms. The lowest BCUT2D eigenvalue weighted by Crippen LogP contribution is -2.61. The molecule has 1 aliphatic carbocycles. The second-order valence-electron chi connectivity index (χ2n) is 6.91. The number of hydrogen-bond acceptors (Lipinski definition) is 4. The summed E-state index contributed by atoms with van der Waals surface area (Å²) in [5.74, 6) is 0.180. The Labute approximate surface area is 136 Å². The molecule has 1 aromatic rings. The minimum absolute atomic E-state index is 0.0169. The van der Waals surface area contributed by atoms with Crippen LogP contribution in [0.2, 0.25) is 0 Å². The zero-order valence-electron chi connectivity index (χ0n) is 13.5. The van der Waals surface area contributed by atoms with Gasteiger partial charge < -0.3 is 14.9 Å². The van der Waals surface area contributed by atoms with Crippen LogP contribution in [-0.2, 0) is 0 Å². The predicted octanol–water partition coefficient (Wildman–Crippen LogP) is 2.33. The topological polar surface area (TPSA) is 52.9 Å². The average molecular weight is 323 g/mol. The van der Waals surface area contributed by atoms with Gasteiger partial charge in [0.2, 0.25) is 0 Å². The third kappa shape index (κ3) is 4.03. The van der Waals surface area contributed by atoms with E-state index in [1.807, 2.05) is 0 Å². The summed E-state index contributed by atoms with van der Waals surface area (Å²) in [5.41, 5.74) is -1.27. The van der Waals surface area contributed by atoms with E-state index in [2.05, 4.69) is 4.90 Å². The maximum atomic E-state index is 12.9. The quantitative estimate of drug-likeness (QED) is 0.893. The molecule has 128 valence electrons. The summed E-state index contributed by atoms with van der Waals surface area (Å²) in [6.45, 7) is 1.27. The molecule has 4 nitrogen and oxygen atoms in total. The fourth-order valence-electron chi connectivity index (χ4n) is 3.73. The van der Waals surface area contributed by atoms with E-state index in [1.165, 1.54) is 56.4 Å². The van der Waals surface area contributed by atoms with Gasteiger partial charge in [0, 0.05) is 19.1 Å². The second kappa shape index (κ2) is 7.16. The summed E-state index contributed by atoms with van der Waals surface area (Å²) in [6, 6.07) is 6.23. The Morgan fingerprint density at radius 2 is 1.83 bits per heavy atom.